The molecule has 4 rings (SSSR count). The van der Waals surface area contributed by atoms with Gasteiger partial charge in [0.2, 0.25) is 0 Å². The number of Topliss-reactive ketones (excluding diaryl/α,β-unsaturated/α-hetero) is 1. The maximum Gasteiger partial charge on any atom is 0.343 e. The Labute approximate surface area is 155 Å². The Morgan fingerprint density at radius 3 is 2.22 bits per heavy atom. The van der Waals surface area contributed by atoms with Gasteiger partial charge in [0.15, 0.2) is 5.78 Å². The van der Waals surface area contributed by atoms with Crippen LogP contribution in [0.2, 0.25) is 0 Å². The van der Waals surface area contributed by atoms with Crippen LogP contribution in [0.4, 0.5) is 0 Å². The van der Waals surface area contributed by atoms with Crippen LogP contribution in [-0.4, -0.2) is 21.3 Å². The summed E-state index contributed by atoms with van der Waals surface area (Å²) in [4.78, 5) is 28.0. The van der Waals surface area contributed by atoms with Gasteiger partial charge in [-0.05, 0) is 67.6 Å². The van der Waals surface area contributed by atoms with E-state index in [9.17, 15) is 9.59 Å². The Morgan fingerprint density at radius 2 is 1.52 bits per heavy atom. The highest BCUT2D eigenvalue weighted by Gasteiger charge is 2.10. The van der Waals surface area contributed by atoms with Crippen LogP contribution in [-0.2, 0) is 0 Å². The van der Waals surface area contributed by atoms with E-state index in [0.29, 0.717) is 16.9 Å². The van der Waals surface area contributed by atoms with Crippen molar-refractivity contribution < 1.29 is 14.3 Å². The molecule has 1 heterocycles. The SMILES string of the molecule is CC(=O)c1ccc(OC(=O)c2ccc(-n3cnc4ccccc43)cc2)cc1. The van der Waals surface area contributed by atoms with Gasteiger partial charge in [0.05, 0.1) is 16.6 Å². The Hall–Kier alpha value is -3.73. The maximum atomic E-state index is 12.3. The first-order valence-corrected chi connectivity index (χ1v) is 8.47. The lowest BCUT2D eigenvalue weighted by molar-refractivity contribution is 0.0734. The van der Waals surface area contributed by atoms with E-state index in [1.807, 2.05) is 41.0 Å². The van der Waals surface area contributed by atoms with Crippen molar-refractivity contribution in [3.8, 4) is 11.4 Å². The number of hydrogen-bond acceptors (Lipinski definition) is 4. The molecule has 0 aliphatic heterocycles. The molecule has 0 fully saturated rings. The van der Waals surface area contributed by atoms with E-state index in [1.54, 1.807) is 42.7 Å². The fourth-order valence-corrected chi connectivity index (χ4v) is 2.85. The highest BCUT2D eigenvalue weighted by molar-refractivity contribution is 5.94. The summed E-state index contributed by atoms with van der Waals surface area (Å²) in [6.45, 7) is 1.49. The minimum atomic E-state index is -0.451. The van der Waals surface area contributed by atoms with E-state index in [-0.39, 0.29) is 5.78 Å². The number of esters is 1. The lowest BCUT2D eigenvalue weighted by Crippen LogP contribution is -2.08. The second kappa shape index (κ2) is 6.88. The molecule has 132 valence electrons. The largest absolute Gasteiger partial charge is 0.423 e. The molecule has 0 bridgehead atoms. The zero-order chi connectivity index (χ0) is 18.8. The fraction of sp³-hybridized carbons (Fsp3) is 0.0455. The smallest absolute Gasteiger partial charge is 0.343 e. The average Bonchev–Trinajstić information content (AvgIpc) is 3.12. The van der Waals surface area contributed by atoms with E-state index < -0.39 is 5.97 Å². The molecule has 27 heavy (non-hydrogen) atoms. The molecule has 5 heteroatoms. The summed E-state index contributed by atoms with van der Waals surface area (Å²) in [5.74, 6) is -0.0854. The maximum absolute atomic E-state index is 12.3. The second-order valence-corrected chi connectivity index (χ2v) is 6.12. The van der Waals surface area contributed by atoms with Crippen molar-refractivity contribution in [2.75, 3.05) is 0 Å². The molecule has 0 radical (unpaired) electrons. The van der Waals surface area contributed by atoms with E-state index in [0.717, 1.165) is 16.7 Å². The van der Waals surface area contributed by atoms with Gasteiger partial charge < -0.3 is 4.74 Å². The molecule has 4 aromatic rings. The Kier molecular flexibility index (Phi) is 4.26. The summed E-state index contributed by atoms with van der Waals surface area (Å²) in [7, 11) is 0. The molecule has 0 spiro atoms. The van der Waals surface area contributed by atoms with Gasteiger partial charge in [0, 0.05) is 11.3 Å². The van der Waals surface area contributed by atoms with Crippen LogP contribution in [0.15, 0.2) is 79.1 Å². The number of ether oxygens (including phenoxy) is 1. The average molecular weight is 356 g/mol. The molecule has 0 aliphatic rings. The molecular weight excluding hydrogens is 340 g/mol. The monoisotopic (exact) mass is 356 g/mol. The number of carbonyl (C=O) groups excluding carboxylic acids is 2. The van der Waals surface area contributed by atoms with E-state index in [4.69, 9.17) is 4.74 Å². The topological polar surface area (TPSA) is 61.2 Å². The second-order valence-electron chi connectivity index (χ2n) is 6.12. The van der Waals surface area contributed by atoms with Crippen LogP contribution in [0.3, 0.4) is 0 Å². The molecule has 3 aromatic carbocycles. The lowest BCUT2D eigenvalue weighted by atomic mass is 10.1. The van der Waals surface area contributed by atoms with Crippen LogP contribution in [0.5, 0.6) is 5.75 Å². The molecule has 0 saturated carbocycles. The van der Waals surface area contributed by atoms with Gasteiger partial charge in [-0.25, -0.2) is 9.78 Å². The van der Waals surface area contributed by atoms with Gasteiger partial charge in [0.1, 0.15) is 12.1 Å². The molecular formula is C22H16N2O3. The molecule has 5 nitrogen and oxygen atoms in total. The van der Waals surface area contributed by atoms with Gasteiger partial charge in [-0.1, -0.05) is 12.1 Å². The van der Waals surface area contributed by atoms with Gasteiger partial charge in [-0.2, -0.15) is 0 Å². The summed E-state index contributed by atoms with van der Waals surface area (Å²) in [5, 5.41) is 0. The Bertz CT molecular complexity index is 1130. The molecule has 0 aliphatic carbocycles. The highest BCUT2D eigenvalue weighted by Crippen LogP contribution is 2.19. The van der Waals surface area contributed by atoms with Crippen molar-refractivity contribution in [2.45, 2.75) is 6.92 Å². The number of carbonyl (C=O) groups is 2. The summed E-state index contributed by atoms with van der Waals surface area (Å²) in [5.41, 5.74) is 3.84. The lowest BCUT2D eigenvalue weighted by Gasteiger charge is -2.07. The number of fused-ring (bicyclic) bond motifs is 1. The molecule has 1 aromatic heterocycles. The predicted octanol–water partition coefficient (Wildman–Crippen LogP) is 4.45. The molecule has 0 unspecified atom stereocenters. The first-order valence-electron chi connectivity index (χ1n) is 8.47. The highest BCUT2D eigenvalue weighted by atomic mass is 16.5. The third-order valence-electron chi connectivity index (χ3n) is 4.31. The number of aromatic nitrogens is 2. The van der Waals surface area contributed by atoms with Gasteiger partial charge >= 0.3 is 5.97 Å². The molecule has 0 saturated heterocycles. The number of imidazole rings is 1. The Morgan fingerprint density at radius 1 is 0.852 bits per heavy atom. The van der Waals surface area contributed by atoms with Crippen LogP contribution in [0.1, 0.15) is 27.6 Å². The summed E-state index contributed by atoms with van der Waals surface area (Å²) >= 11 is 0. The normalized spacial score (nSPS) is 10.7. The van der Waals surface area contributed by atoms with Gasteiger partial charge in [0.25, 0.3) is 0 Å². The number of ketones is 1. The zero-order valence-corrected chi connectivity index (χ0v) is 14.6. The van der Waals surface area contributed by atoms with Crippen molar-refractivity contribution in [2.24, 2.45) is 0 Å². The van der Waals surface area contributed by atoms with Crippen LogP contribution < -0.4 is 4.74 Å². The molecule has 0 atom stereocenters. The molecule has 0 amide bonds. The van der Waals surface area contributed by atoms with E-state index >= 15 is 0 Å². The number of para-hydroxylation sites is 2. The Balaban J connectivity index is 1.53. The third kappa shape index (κ3) is 3.35. The first kappa shape index (κ1) is 16.7. The number of nitrogens with zero attached hydrogens (tertiary/aromatic N) is 2. The quantitative estimate of drug-likeness (QED) is 0.308. The summed E-state index contributed by atoms with van der Waals surface area (Å²) in [6, 6.07) is 21.5. The number of hydrogen-bond donors (Lipinski definition) is 0. The number of benzene rings is 3. The number of rotatable bonds is 4. The van der Waals surface area contributed by atoms with Crippen LogP contribution >= 0.6 is 0 Å². The summed E-state index contributed by atoms with van der Waals surface area (Å²) in [6.07, 6.45) is 1.76. The first-order chi connectivity index (χ1) is 13.1. The van der Waals surface area contributed by atoms with Crippen molar-refractivity contribution in [3.05, 3.63) is 90.3 Å². The van der Waals surface area contributed by atoms with E-state index in [2.05, 4.69) is 4.98 Å². The van der Waals surface area contributed by atoms with Crippen LogP contribution in [0.25, 0.3) is 16.7 Å². The standard InChI is InChI=1S/C22H16N2O3/c1-15(25)16-8-12-19(13-9-16)27-22(26)17-6-10-18(11-7-17)24-14-23-20-4-2-3-5-21(20)24/h2-14H,1H3. The van der Waals surface area contributed by atoms with Gasteiger partial charge in [-0.3, -0.25) is 9.36 Å². The van der Waals surface area contributed by atoms with Crippen molar-refractivity contribution in [1.82, 2.24) is 9.55 Å². The van der Waals surface area contributed by atoms with Crippen LogP contribution in [0, 0.1) is 0 Å². The van der Waals surface area contributed by atoms with E-state index in [1.165, 1.54) is 6.92 Å². The predicted molar refractivity (Wildman–Crippen MR) is 102 cm³/mol. The fourth-order valence-electron chi connectivity index (χ4n) is 2.85. The minimum Gasteiger partial charge on any atom is -0.423 e. The summed E-state index contributed by atoms with van der Waals surface area (Å²) < 4.78 is 7.33. The van der Waals surface area contributed by atoms with Gasteiger partial charge in [-0.15, -0.1) is 0 Å². The van der Waals surface area contributed by atoms with Crippen molar-refractivity contribution >= 4 is 22.8 Å². The zero-order valence-electron chi connectivity index (χ0n) is 14.6. The third-order valence-corrected chi connectivity index (χ3v) is 4.31. The molecule has 0 N–H and O–H groups in total. The van der Waals surface area contributed by atoms with Crippen molar-refractivity contribution in [3.63, 3.8) is 0 Å². The minimum absolute atomic E-state index is 0.0320. The van der Waals surface area contributed by atoms with Crippen molar-refractivity contribution in [1.29, 1.82) is 0 Å².